The summed E-state index contributed by atoms with van der Waals surface area (Å²) in [7, 11) is 1.93. The zero-order valence-corrected chi connectivity index (χ0v) is 18.9. The van der Waals surface area contributed by atoms with E-state index in [2.05, 4.69) is 31.3 Å². The van der Waals surface area contributed by atoms with E-state index in [1.165, 1.54) is 0 Å². The van der Waals surface area contributed by atoms with Gasteiger partial charge in [0, 0.05) is 30.7 Å². The molecule has 1 N–H and O–H groups in total. The van der Waals surface area contributed by atoms with Crippen LogP contribution in [0.15, 0.2) is 67.3 Å². The van der Waals surface area contributed by atoms with Gasteiger partial charge < -0.3 is 14.6 Å². The summed E-state index contributed by atoms with van der Waals surface area (Å²) in [5.41, 5.74) is 6.72. The lowest BCUT2D eigenvalue weighted by molar-refractivity contribution is 0.459. The van der Waals surface area contributed by atoms with Crippen LogP contribution in [0.5, 0.6) is 11.6 Å². The monoisotopic (exact) mass is 447 g/mol. The van der Waals surface area contributed by atoms with Crippen LogP contribution in [0, 0.1) is 25.2 Å². The first-order chi connectivity index (χ1) is 16.5. The molecule has 166 valence electrons. The maximum atomic E-state index is 9.02. The van der Waals surface area contributed by atoms with Crippen LogP contribution in [0.2, 0.25) is 0 Å². The van der Waals surface area contributed by atoms with Crippen molar-refractivity contribution < 1.29 is 4.74 Å². The van der Waals surface area contributed by atoms with E-state index in [1.54, 1.807) is 24.7 Å². The van der Waals surface area contributed by atoms with E-state index in [0.29, 0.717) is 17.4 Å². The summed E-state index contributed by atoms with van der Waals surface area (Å²) in [6, 6.07) is 17.1. The summed E-state index contributed by atoms with van der Waals surface area (Å²) >= 11 is 0. The fourth-order valence-electron chi connectivity index (χ4n) is 3.86. The van der Waals surface area contributed by atoms with Gasteiger partial charge in [0.15, 0.2) is 0 Å². The predicted molar refractivity (Wildman–Crippen MR) is 130 cm³/mol. The Hall–Kier alpha value is -4.77. The standard InChI is InChI=1S/C26H21N7O/c1-16-12-19(21-8-10-28-15-29-21)13-17(2)24(16)34-25-23-22(9-11-33(23)3)31-26(32-25)30-20-6-4-18(14-27)5-7-20/h4-13,15H,1-3H3,(H,30,31,32). The van der Waals surface area contributed by atoms with Crippen molar-refractivity contribution in [3.8, 4) is 29.0 Å². The molecule has 0 unspecified atom stereocenters. The number of nitriles is 1. The number of rotatable bonds is 5. The van der Waals surface area contributed by atoms with Crippen molar-refractivity contribution in [2.45, 2.75) is 13.8 Å². The molecule has 0 fully saturated rings. The maximum Gasteiger partial charge on any atom is 0.249 e. The van der Waals surface area contributed by atoms with E-state index in [4.69, 9.17) is 10.00 Å². The van der Waals surface area contributed by atoms with Crippen LogP contribution in [0.1, 0.15) is 16.7 Å². The Morgan fingerprint density at radius 2 is 1.76 bits per heavy atom. The van der Waals surface area contributed by atoms with Gasteiger partial charge in [0.25, 0.3) is 0 Å². The van der Waals surface area contributed by atoms with E-state index in [0.717, 1.165) is 44.9 Å². The summed E-state index contributed by atoms with van der Waals surface area (Å²) in [5.74, 6) is 1.60. The lowest BCUT2D eigenvalue weighted by Crippen LogP contribution is -2.02. The Balaban J connectivity index is 1.53. The maximum absolute atomic E-state index is 9.02. The minimum atomic E-state index is 0.409. The van der Waals surface area contributed by atoms with Gasteiger partial charge in [0.05, 0.1) is 22.8 Å². The van der Waals surface area contributed by atoms with Crippen molar-refractivity contribution in [1.29, 1.82) is 5.26 Å². The highest BCUT2D eigenvalue weighted by Gasteiger charge is 2.17. The number of anilines is 2. The normalized spacial score (nSPS) is 10.8. The summed E-state index contributed by atoms with van der Waals surface area (Å²) < 4.78 is 8.35. The second-order valence-corrected chi connectivity index (χ2v) is 7.96. The quantitative estimate of drug-likeness (QED) is 0.382. The van der Waals surface area contributed by atoms with Crippen molar-refractivity contribution in [1.82, 2.24) is 24.5 Å². The Bertz CT molecular complexity index is 1510. The van der Waals surface area contributed by atoms with Crippen LogP contribution in [0.3, 0.4) is 0 Å². The Labute approximate surface area is 196 Å². The topological polar surface area (TPSA) is 102 Å². The second kappa shape index (κ2) is 8.64. The molecule has 0 radical (unpaired) electrons. The molecule has 5 rings (SSSR count). The number of nitrogens with one attached hydrogen (secondary N) is 1. The minimum Gasteiger partial charge on any atom is -0.436 e. The van der Waals surface area contributed by atoms with Gasteiger partial charge in [-0.15, -0.1) is 0 Å². The molecule has 5 aromatic rings. The van der Waals surface area contributed by atoms with Crippen LogP contribution >= 0.6 is 0 Å². The average Bonchev–Trinajstić information content (AvgIpc) is 3.23. The molecule has 0 amide bonds. The third kappa shape index (κ3) is 4.02. The molecular weight excluding hydrogens is 426 g/mol. The van der Waals surface area contributed by atoms with Gasteiger partial charge in [-0.3, -0.25) is 0 Å². The van der Waals surface area contributed by atoms with Crippen molar-refractivity contribution in [2.24, 2.45) is 7.05 Å². The van der Waals surface area contributed by atoms with Crippen LogP contribution in [0.4, 0.5) is 11.6 Å². The average molecular weight is 448 g/mol. The summed E-state index contributed by atoms with van der Waals surface area (Å²) in [4.78, 5) is 17.7. The van der Waals surface area contributed by atoms with Crippen LogP contribution < -0.4 is 10.1 Å². The van der Waals surface area contributed by atoms with E-state index in [9.17, 15) is 0 Å². The van der Waals surface area contributed by atoms with Gasteiger partial charge in [-0.05, 0) is 73.5 Å². The molecule has 34 heavy (non-hydrogen) atoms. The second-order valence-electron chi connectivity index (χ2n) is 7.96. The van der Waals surface area contributed by atoms with Crippen LogP contribution in [-0.4, -0.2) is 24.5 Å². The zero-order valence-electron chi connectivity index (χ0n) is 18.9. The molecule has 0 bridgehead atoms. The van der Waals surface area contributed by atoms with Crippen molar-refractivity contribution in [2.75, 3.05) is 5.32 Å². The van der Waals surface area contributed by atoms with Crippen molar-refractivity contribution in [3.63, 3.8) is 0 Å². The number of aryl methyl sites for hydroxylation is 3. The van der Waals surface area contributed by atoms with Crippen molar-refractivity contribution in [3.05, 3.63) is 83.9 Å². The highest BCUT2D eigenvalue weighted by Crippen LogP contribution is 2.35. The SMILES string of the molecule is Cc1cc(-c2ccncn2)cc(C)c1Oc1nc(Nc2ccc(C#N)cc2)nc2ccn(C)c12. The van der Waals surface area contributed by atoms with E-state index >= 15 is 0 Å². The third-order valence-electron chi connectivity index (χ3n) is 5.49. The molecule has 0 aliphatic heterocycles. The van der Waals surface area contributed by atoms with Gasteiger partial charge in [0.2, 0.25) is 11.8 Å². The molecule has 0 aliphatic carbocycles. The number of nitrogens with zero attached hydrogens (tertiary/aromatic N) is 6. The highest BCUT2D eigenvalue weighted by molar-refractivity contribution is 5.83. The molecule has 8 nitrogen and oxygen atoms in total. The molecule has 3 aromatic heterocycles. The fourth-order valence-corrected chi connectivity index (χ4v) is 3.86. The van der Waals surface area contributed by atoms with Gasteiger partial charge >= 0.3 is 0 Å². The van der Waals surface area contributed by atoms with E-state index in [-0.39, 0.29) is 0 Å². The number of benzene rings is 2. The molecule has 0 saturated heterocycles. The molecule has 0 atom stereocenters. The number of hydrogen-bond acceptors (Lipinski definition) is 7. The fraction of sp³-hybridized carbons (Fsp3) is 0.115. The van der Waals surface area contributed by atoms with Crippen LogP contribution in [0.25, 0.3) is 22.3 Å². The Morgan fingerprint density at radius 1 is 1.00 bits per heavy atom. The summed E-state index contributed by atoms with van der Waals surface area (Å²) in [6.07, 6.45) is 5.20. The number of ether oxygens (including phenoxy) is 1. The first-order valence-electron chi connectivity index (χ1n) is 10.7. The smallest absolute Gasteiger partial charge is 0.249 e. The first-order valence-corrected chi connectivity index (χ1v) is 10.7. The minimum absolute atomic E-state index is 0.409. The molecule has 0 saturated carbocycles. The number of aromatic nitrogens is 5. The number of fused-ring (bicyclic) bond motifs is 1. The largest absolute Gasteiger partial charge is 0.436 e. The van der Waals surface area contributed by atoms with Gasteiger partial charge in [-0.25, -0.2) is 15.0 Å². The highest BCUT2D eigenvalue weighted by atomic mass is 16.5. The summed E-state index contributed by atoms with van der Waals surface area (Å²) in [6.45, 7) is 4.01. The lowest BCUT2D eigenvalue weighted by atomic mass is 10.0. The predicted octanol–water partition coefficient (Wildman–Crippen LogP) is 5.45. The molecular formula is C26H21N7O. The zero-order chi connectivity index (χ0) is 23.7. The molecule has 2 aromatic carbocycles. The molecule has 3 heterocycles. The number of hydrogen-bond donors (Lipinski definition) is 1. The summed E-state index contributed by atoms with van der Waals surface area (Å²) in [5, 5.41) is 12.2. The molecule has 0 spiro atoms. The molecule has 0 aliphatic rings. The van der Waals surface area contributed by atoms with Gasteiger partial charge in [0.1, 0.15) is 17.6 Å². The first kappa shape index (κ1) is 21.1. The third-order valence-corrected chi connectivity index (χ3v) is 5.49. The Morgan fingerprint density at radius 3 is 2.44 bits per heavy atom. The molecule has 8 heteroatoms. The Kier molecular flexibility index (Phi) is 5.36. The lowest BCUT2D eigenvalue weighted by Gasteiger charge is -2.15. The van der Waals surface area contributed by atoms with Crippen LogP contribution in [-0.2, 0) is 7.05 Å². The van der Waals surface area contributed by atoms with Crippen molar-refractivity contribution >= 4 is 22.7 Å². The van der Waals surface area contributed by atoms with Gasteiger partial charge in [-0.2, -0.15) is 10.2 Å². The van der Waals surface area contributed by atoms with Gasteiger partial charge in [-0.1, -0.05) is 0 Å². The van der Waals surface area contributed by atoms with E-state index < -0.39 is 0 Å². The van der Waals surface area contributed by atoms with E-state index in [1.807, 2.05) is 68.1 Å².